The number of aliphatic imine (C=N–C) groups is 1. The molecule has 0 heterocycles. The van der Waals surface area contributed by atoms with Crippen LogP contribution in [0.2, 0.25) is 0 Å². The first-order valence-electron chi connectivity index (χ1n) is 4.41. The number of rotatable bonds is 3. The molecule has 0 unspecified atom stereocenters. The zero-order chi connectivity index (χ0) is 10.6. The third-order valence-electron chi connectivity index (χ3n) is 1.63. The highest BCUT2D eigenvalue weighted by Crippen LogP contribution is 2.16. The van der Waals surface area contributed by atoms with Gasteiger partial charge in [0.05, 0.1) is 11.5 Å². The van der Waals surface area contributed by atoms with Crippen molar-refractivity contribution >= 4 is 11.5 Å². The Morgan fingerprint density at radius 2 is 1.86 bits per heavy atom. The predicted octanol–water partition coefficient (Wildman–Crippen LogP) is 2.75. The number of nitrogens with zero attached hydrogens (tertiary/aromatic N) is 1. The van der Waals surface area contributed by atoms with Gasteiger partial charge in [-0.1, -0.05) is 6.92 Å². The fourth-order valence-corrected chi connectivity index (χ4v) is 1.08. The van der Waals surface area contributed by atoms with Crippen molar-refractivity contribution < 1.29 is 8.78 Å². The first kappa shape index (κ1) is 10.6. The molecule has 0 saturated carbocycles. The summed E-state index contributed by atoms with van der Waals surface area (Å²) in [5.41, 5.74) is 5.74. The van der Waals surface area contributed by atoms with Gasteiger partial charge >= 0.3 is 0 Å². The molecule has 0 aromatic heterocycles. The van der Waals surface area contributed by atoms with Gasteiger partial charge in [-0.25, -0.2) is 13.8 Å². The van der Waals surface area contributed by atoms with Crippen molar-refractivity contribution in [2.45, 2.75) is 19.8 Å². The van der Waals surface area contributed by atoms with Crippen LogP contribution in [0.4, 0.5) is 14.5 Å². The van der Waals surface area contributed by atoms with Crippen molar-refractivity contribution in [3.63, 3.8) is 0 Å². The van der Waals surface area contributed by atoms with Crippen LogP contribution in [0.1, 0.15) is 19.8 Å². The van der Waals surface area contributed by atoms with Gasteiger partial charge in [-0.3, -0.25) is 0 Å². The lowest BCUT2D eigenvalue weighted by atomic mass is 10.3. The van der Waals surface area contributed by atoms with Crippen LogP contribution in [0.25, 0.3) is 0 Å². The highest BCUT2D eigenvalue weighted by Gasteiger charge is 1.99. The molecule has 76 valence electrons. The lowest BCUT2D eigenvalue weighted by molar-refractivity contribution is 0.584. The summed E-state index contributed by atoms with van der Waals surface area (Å²) < 4.78 is 25.4. The summed E-state index contributed by atoms with van der Waals surface area (Å²) in [7, 11) is 0. The Morgan fingerprint density at radius 1 is 1.29 bits per heavy atom. The van der Waals surface area contributed by atoms with Crippen molar-refractivity contribution in [2.24, 2.45) is 10.7 Å². The maximum atomic E-state index is 12.7. The lowest BCUT2D eigenvalue weighted by Gasteiger charge is -1.99. The molecule has 1 rings (SSSR count). The zero-order valence-corrected chi connectivity index (χ0v) is 7.93. The SMILES string of the molecule is CCCC(N)=Nc1cc(F)cc(F)c1. The van der Waals surface area contributed by atoms with Crippen LogP contribution >= 0.6 is 0 Å². The Morgan fingerprint density at radius 3 is 2.36 bits per heavy atom. The van der Waals surface area contributed by atoms with Crippen LogP contribution in [-0.2, 0) is 0 Å². The normalized spacial score (nSPS) is 11.8. The van der Waals surface area contributed by atoms with Crippen LogP contribution in [0.3, 0.4) is 0 Å². The first-order valence-corrected chi connectivity index (χ1v) is 4.41. The van der Waals surface area contributed by atoms with Crippen LogP contribution in [0.15, 0.2) is 23.2 Å². The summed E-state index contributed by atoms with van der Waals surface area (Å²) in [5, 5.41) is 0. The molecule has 0 spiro atoms. The quantitative estimate of drug-likeness (QED) is 0.588. The molecule has 0 bridgehead atoms. The smallest absolute Gasteiger partial charge is 0.128 e. The van der Waals surface area contributed by atoms with Gasteiger partial charge < -0.3 is 5.73 Å². The summed E-state index contributed by atoms with van der Waals surface area (Å²) >= 11 is 0. The second kappa shape index (κ2) is 4.69. The number of hydrogen-bond donors (Lipinski definition) is 1. The average molecular weight is 198 g/mol. The second-order valence-electron chi connectivity index (χ2n) is 2.98. The van der Waals surface area contributed by atoms with E-state index in [9.17, 15) is 8.78 Å². The molecule has 4 heteroatoms. The minimum absolute atomic E-state index is 0.216. The van der Waals surface area contributed by atoms with Gasteiger partial charge in [-0.05, 0) is 18.6 Å². The number of hydrogen-bond acceptors (Lipinski definition) is 1. The van der Waals surface area contributed by atoms with Crippen LogP contribution < -0.4 is 5.73 Å². The van der Waals surface area contributed by atoms with E-state index in [0.29, 0.717) is 12.3 Å². The van der Waals surface area contributed by atoms with Gasteiger partial charge in [-0.15, -0.1) is 0 Å². The highest BCUT2D eigenvalue weighted by molar-refractivity contribution is 5.82. The maximum Gasteiger partial charge on any atom is 0.128 e. The molecule has 0 aliphatic heterocycles. The topological polar surface area (TPSA) is 38.4 Å². The van der Waals surface area contributed by atoms with Gasteiger partial charge in [0.15, 0.2) is 0 Å². The van der Waals surface area contributed by atoms with Crippen LogP contribution in [0.5, 0.6) is 0 Å². The summed E-state index contributed by atoms with van der Waals surface area (Å²) in [6.07, 6.45) is 1.48. The van der Waals surface area contributed by atoms with E-state index in [2.05, 4.69) is 4.99 Å². The Bertz CT molecular complexity index is 328. The van der Waals surface area contributed by atoms with E-state index in [1.807, 2.05) is 6.92 Å². The number of amidine groups is 1. The first-order chi connectivity index (χ1) is 6.61. The maximum absolute atomic E-state index is 12.7. The minimum atomic E-state index is -0.645. The van der Waals surface area contributed by atoms with E-state index in [-0.39, 0.29) is 5.69 Å². The van der Waals surface area contributed by atoms with E-state index in [1.165, 1.54) is 0 Å². The van der Waals surface area contributed by atoms with E-state index in [1.54, 1.807) is 0 Å². The fourth-order valence-electron chi connectivity index (χ4n) is 1.08. The average Bonchev–Trinajstić information content (AvgIpc) is 2.01. The largest absolute Gasteiger partial charge is 0.387 e. The minimum Gasteiger partial charge on any atom is -0.387 e. The van der Waals surface area contributed by atoms with Crippen LogP contribution in [0, 0.1) is 11.6 Å². The number of nitrogens with two attached hydrogens (primary N) is 1. The molecule has 0 atom stereocenters. The molecule has 0 aliphatic rings. The third kappa shape index (κ3) is 3.12. The van der Waals surface area contributed by atoms with Gasteiger partial charge in [0.1, 0.15) is 11.6 Å². The molecule has 0 amide bonds. The Labute approximate surface area is 81.5 Å². The van der Waals surface area contributed by atoms with Crippen molar-refractivity contribution in [3.8, 4) is 0 Å². The Balaban J connectivity index is 2.90. The molecule has 14 heavy (non-hydrogen) atoms. The van der Waals surface area contributed by atoms with E-state index >= 15 is 0 Å². The van der Waals surface area contributed by atoms with Gasteiger partial charge in [-0.2, -0.15) is 0 Å². The van der Waals surface area contributed by atoms with Crippen molar-refractivity contribution in [3.05, 3.63) is 29.8 Å². The fraction of sp³-hybridized carbons (Fsp3) is 0.300. The lowest BCUT2D eigenvalue weighted by Crippen LogP contribution is -2.09. The molecule has 0 radical (unpaired) electrons. The highest BCUT2D eigenvalue weighted by atomic mass is 19.1. The van der Waals surface area contributed by atoms with Crippen molar-refractivity contribution in [1.29, 1.82) is 0 Å². The Hall–Kier alpha value is -1.45. The predicted molar refractivity (Wildman–Crippen MR) is 52.5 cm³/mol. The zero-order valence-electron chi connectivity index (χ0n) is 7.93. The van der Waals surface area contributed by atoms with Gasteiger partial charge in [0.25, 0.3) is 0 Å². The van der Waals surface area contributed by atoms with E-state index in [0.717, 1.165) is 24.6 Å². The standard InChI is InChI=1S/C10H12F2N2/c1-2-3-10(13)14-9-5-7(11)4-8(12)6-9/h4-6H,2-3H2,1H3,(H2,13,14). The molecule has 1 aromatic carbocycles. The summed E-state index contributed by atoms with van der Waals surface area (Å²) in [4.78, 5) is 3.88. The van der Waals surface area contributed by atoms with E-state index < -0.39 is 11.6 Å². The summed E-state index contributed by atoms with van der Waals surface area (Å²) in [6.45, 7) is 1.95. The summed E-state index contributed by atoms with van der Waals surface area (Å²) in [5.74, 6) is -0.904. The molecule has 0 saturated heterocycles. The molecule has 2 N–H and O–H groups in total. The second-order valence-corrected chi connectivity index (χ2v) is 2.98. The van der Waals surface area contributed by atoms with Crippen molar-refractivity contribution in [2.75, 3.05) is 0 Å². The monoisotopic (exact) mass is 198 g/mol. The molecule has 0 aliphatic carbocycles. The van der Waals surface area contributed by atoms with Gasteiger partial charge in [0.2, 0.25) is 0 Å². The number of benzene rings is 1. The van der Waals surface area contributed by atoms with Gasteiger partial charge in [0, 0.05) is 12.5 Å². The molecular weight excluding hydrogens is 186 g/mol. The molecule has 2 nitrogen and oxygen atoms in total. The van der Waals surface area contributed by atoms with Crippen LogP contribution in [-0.4, -0.2) is 5.84 Å². The molecule has 1 aromatic rings. The Kier molecular flexibility index (Phi) is 3.56. The number of halogens is 2. The van der Waals surface area contributed by atoms with Crippen molar-refractivity contribution in [1.82, 2.24) is 0 Å². The third-order valence-corrected chi connectivity index (χ3v) is 1.63. The summed E-state index contributed by atoms with van der Waals surface area (Å²) in [6, 6.07) is 3.09. The van der Waals surface area contributed by atoms with E-state index in [4.69, 9.17) is 5.73 Å². The molecular formula is C10H12F2N2. The molecule has 0 fully saturated rings.